The van der Waals surface area contributed by atoms with Crippen molar-refractivity contribution in [1.82, 2.24) is 10.2 Å². The zero-order valence-electron chi connectivity index (χ0n) is 28.6. The van der Waals surface area contributed by atoms with Gasteiger partial charge >= 0.3 is 5.97 Å². The van der Waals surface area contributed by atoms with E-state index in [0.717, 1.165) is 25.7 Å². The summed E-state index contributed by atoms with van der Waals surface area (Å²) >= 11 is 0. The van der Waals surface area contributed by atoms with Gasteiger partial charge in [-0.25, -0.2) is 0 Å². The number of nitrogens with one attached hydrogen (secondary N) is 1. The number of benzene rings is 4. The second-order valence-corrected chi connectivity index (χ2v) is 11.9. The van der Waals surface area contributed by atoms with Gasteiger partial charge in [0.1, 0.15) is 18.6 Å². The summed E-state index contributed by atoms with van der Waals surface area (Å²) in [6.45, 7) is 6.02. The lowest BCUT2D eigenvalue weighted by Gasteiger charge is -2.22. The number of hydrogen-bond donors (Lipinski definition) is 1. The lowest BCUT2D eigenvalue weighted by atomic mass is 9.90. The Morgan fingerprint density at radius 1 is 0.917 bits per heavy atom. The zero-order chi connectivity index (χ0) is 34.5. The van der Waals surface area contributed by atoms with Crippen molar-refractivity contribution >= 4 is 56.4 Å². The number of amides is 2. The van der Waals surface area contributed by atoms with Crippen molar-refractivity contribution in [2.24, 2.45) is 0 Å². The number of esters is 1. The second kappa shape index (κ2) is 18.3. The molecule has 1 aliphatic heterocycles. The summed E-state index contributed by atoms with van der Waals surface area (Å²) in [5, 5.41) is 10.4. The molecule has 1 heterocycles. The number of likely N-dealkylation sites (N-methyl/N-ethyl adjacent to an activating group) is 1. The van der Waals surface area contributed by atoms with E-state index in [1.165, 1.54) is 63.0 Å². The lowest BCUT2D eigenvalue weighted by Crippen LogP contribution is -2.33. The van der Waals surface area contributed by atoms with Gasteiger partial charge in [0, 0.05) is 26.3 Å². The predicted molar refractivity (Wildman–Crippen MR) is 189 cm³/mol. The molecule has 0 bridgehead atoms. The summed E-state index contributed by atoms with van der Waals surface area (Å²) in [7, 11) is 1.53. The molecule has 1 unspecified atom stereocenters. The monoisotopic (exact) mass is 656 g/mol. The molecular formula is C39H48N2O7. The largest absolute Gasteiger partial charge is 0.463 e. The van der Waals surface area contributed by atoms with E-state index in [1.54, 1.807) is 0 Å². The molecule has 2 atom stereocenters. The number of ketones is 1. The van der Waals surface area contributed by atoms with E-state index in [2.05, 4.69) is 59.9 Å². The number of hydrogen-bond acceptors (Lipinski definition) is 7. The smallest absolute Gasteiger partial charge is 0.306 e. The zero-order valence-corrected chi connectivity index (χ0v) is 28.6. The maximum atomic E-state index is 12.6. The standard InChI is InChI=1S/C37H42N2O7.C2H6/c1-25(41)10-19-34(42)45-23-31-16-18-33(46-31)39(24-40)21-30(37(43)38-2)22-44-20-5-3-4-7-26-11-12-29-14-13-27-8-6-9-28-15-17-32(26)36(29)35(27)28;1-2/h6,8-9,11-15,17,21,24,31,33H,3-5,7,10,16,18-20,22-23H2,1-2H3,(H,38,43);1-2H3/b30-21-;/t31?,33-;/m1./s1. The van der Waals surface area contributed by atoms with Crippen LogP contribution in [0.2, 0.25) is 0 Å². The first-order valence-electron chi connectivity index (χ1n) is 17.1. The number of Topliss-reactive ketones (excluding diaryl/α,β-unsaturated/α-hetero) is 1. The molecule has 9 heteroatoms. The van der Waals surface area contributed by atoms with Crippen LogP contribution in [0.3, 0.4) is 0 Å². The SMILES string of the molecule is CC.CNC(=O)/C(=C\N(C=O)[C@H]1CCC(COC(=O)CCC(C)=O)O1)COCCCCCc1ccc2ccc3cccc4ccc1c2c34. The highest BCUT2D eigenvalue weighted by molar-refractivity contribution is 6.23. The van der Waals surface area contributed by atoms with Gasteiger partial charge in [0.05, 0.1) is 24.7 Å². The molecular weight excluding hydrogens is 608 g/mol. The van der Waals surface area contributed by atoms with Crippen molar-refractivity contribution in [3.05, 3.63) is 71.9 Å². The molecule has 1 aliphatic rings. The van der Waals surface area contributed by atoms with E-state index >= 15 is 0 Å². The van der Waals surface area contributed by atoms with E-state index < -0.39 is 12.2 Å². The number of nitrogens with zero attached hydrogens (tertiary/aromatic N) is 1. The molecule has 1 saturated heterocycles. The summed E-state index contributed by atoms with van der Waals surface area (Å²) in [6.07, 6.45) is 6.25. The van der Waals surface area contributed by atoms with Crippen molar-refractivity contribution in [2.75, 3.05) is 26.9 Å². The number of unbranched alkanes of at least 4 members (excludes halogenated alkanes) is 2. The molecule has 0 aliphatic carbocycles. The first-order chi connectivity index (χ1) is 23.4. The Hall–Kier alpha value is -4.34. The molecule has 0 radical (unpaired) electrons. The van der Waals surface area contributed by atoms with Crippen LogP contribution in [0.4, 0.5) is 0 Å². The highest BCUT2D eigenvalue weighted by atomic mass is 16.6. The van der Waals surface area contributed by atoms with Crippen LogP contribution < -0.4 is 5.32 Å². The second-order valence-electron chi connectivity index (χ2n) is 11.9. The molecule has 5 rings (SSSR count). The third-order valence-corrected chi connectivity index (χ3v) is 8.59. The molecule has 1 fully saturated rings. The average molecular weight is 657 g/mol. The summed E-state index contributed by atoms with van der Waals surface area (Å²) in [5.41, 5.74) is 1.67. The van der Waals surface area contributed by atoms with Gasteiger partial charge in [-0.2, -0.15) is 0 Å². The first kappa shape index (κ1) is 36.5. The maximum Gasteiger partial charge on any atom is 0.306 e. The third-order valence-electron chi connectivity index (χ3n) is 8.59. The minimum absolute atomic E-state index is 0.0332. The Balaban J connectivity index is 0.00000255. The quantitative estimate of drug-likeness (QED) is 0.0435. The van der Waals surface area contributed by atoms with Gasteiger partial charge in [0.15, 0.2) is 0 Å². The average Bonchev–Trinajstić information content (AvgIpc) is 3.59. The van der Waals surface area contributed by atoms with Crippen molar-refractivity contribution in [3.8, 4) is 0 Å². The van der Waals surface area contributed by atoms with E-state index in [-0.39, 0.29) is 43.8 Å². The number of carbonyl (C=O) groups excluding carboxylic acids is 4. The number of carbonyl (C=O) groups is 4. The van der Waals surface area contributed by atoms with Gasteiger partial charge in [-0.05, 0) is 76.9 Å². The van der Waals surface area contributed by atoms with E-state index in [0.29, 0.717) is 31.4 Å². The molecule has 0 aromatic heterocycles. The topological polar surface area (TPSA) is 111 Å². The minimum atomic E-state index is -0.585. The molecule has 4 aromatic rings. The van der Waals surface area contributed by atoms with Crippen molar-refractivity contribution in [3.63, 3.8) is 0 Å². The third kappa shape index (κ3) is 9.39. The normalized spacial score (nSPS) is 16.1. The maximum absolute atomic E-state index is 12.6. The fourth-order valence-corrected chi connectivity index (χ4v) is 6.14. The Labute approximate surface area is 282 Å². The fourth-order valence-electron chi connectivity index (χ4n) is 6.14. The summed E-state index contributed by atoms with van der Waals surface area (Å²) in [4.78, 5) is 48.7. The molecule has 256 valence electrons. The number of ether oxygens (including phenoxy) is 3. The predicted octanol–water partition coefficient (Wildman–Crippen LogP) is 6.85. The van der Waals surface area contributed by atoms with Gasteiger partial charge in [-0.1, -0.05) is 74.9 Å². The molecule has 0 spiro atoms. The van der Waals surface area contributed by atoms with Gasteiger partial charge in [-0.15, -0.1) is 0 Å². The summed E-state index contributed by atoms with van der Waals surface area (Å²) in [6, 6.07) is 19.8. The molecule has 0 saturated carbocycles. The van der Waals surface area contributed by atoms with Crippen LogP contribution in [-0.4, -0.2) is 68.2 Å². The van der Waals surface area contributed by atoms with Crippen LogP contribution in [-0.2, 0) is 39.8 Å². The Morgan fingerprint density at radius 3 is 2.33 bits per heavy atom. The highest BCUT2D eigenvalue weighted by Gasteiger charge is 2.30. The van der Waals surface area contributed by atoms with Gasteiger partial charge in [0.2, 0.25) is 6.41 Å². The van der Waals surface area contributed by atoms with Crippen LogP contribution in [0.5, 0.6) is 0 Å². The van der Waals surface area contributed by atoms with Crippen LogP contribution in [0.15, 0.2) is 66.4 Å². The Bertz CT molecular complexity index is 1700. The van der Waals surface area contributed by atoms with Crippen LogP contribution in [0.1, 0.15) is 71.3 Å². The van der Waals surface area contributed by atoms with E-state index in [1.807, 2.05) is 13.8 Å². The van der Waals surface area contributed by atoms with Crippen LogP contribution >= 0.6 is 0 Å². The molecule has 9 nitrogen and oxygen atoms in total. The molecule has 48 heavy (non-hydrogen) atoms. The van der Waals surface area contributed by atoms with E-state index in [4.69, 9.17) is 14.2 Å². The lowest BCUT2D eigenvalue weighted by molar-refractivity contribution is -0.151. The minimum Gasteiger partial charge on any atom is -0.463 e. The molecule has 1 N–H and O–H groups in total. The first-order valence-corrected chi connectivity index (χ1v) is 17.1. The Kier molecular flexibility index (Phi) is 13.9. The number of rotatable bonds is 17. The fraction of sp³-hybridized carbons (Fsp3) is 0.436. The summed E-state index contributed by atoms with van der Waals surface area (Å²) in [5.74, 6) is -0.870. The van der Waals surface area contributed by atoms with Gasteiger partial charge < -0.3 is 24.3 Å². The van der Waals surface area contributed by atoms with Crippen molar-refractivity contribution < 1.29 is 33.4 Å². The van der Waals surface area contributed by atoms with Gasteiger partial charge in [0.25, 0.3) is 5.91 Å². The highest BCUT2D eigenvalue weighted by Crippen LogP contribution is 2.36. The summed E-state index contributed by atoms with van der Waals surface area (Å²) < 4.78 is 17.0. The van der Waals surface area contributed by atoms with Gasteiger partial charge in [-0.3, -0.25) is 19.3 Å². The van der Waals surface area contributed by atoms with Crippen molar-refractivity contribution in [1.29, 1.82) is 0 Å². The van der Waals surface area contributed by atoms with Crippen molar-refractivity contribution in [2.45, 2.75) is 84.5 Å². The molecule has 2 amide bonds. The number of aryl methyl sites for hydroxylation is 1. The van der Waals surface area contributed by atoms with Crippen LogP contribution in [0.25, 0.3) is 32.3 Å². The molecule has 4 aromatic carbocycles. The van der Waals surface area contributed by atoms with Crippen LogP contribution in [0, 0.1) is 0 Å². The Morgan fingerprint density at radius 2 is 1.62 bits per heavy atom. The van der Waals surface area contributed by atoms with E-state index in [9.17, 15) is 19.2 Å².